The van der Waals surface area contributed by atoms with Gasteiger partial charge in [0, 0.05) is 28.9 Å². The fourth-order valence-electron chi connectivity index (χ4n) is 3.83. The molecule has 1 aliphatic carbocycles. The van der Waals surface area contributed by atoms with Crippen LogP contribution in [0.4, 0.5) is 4.79 Å². The number of fused-ring (bicyclic) bond motifs is 3. The van der Waals surface area contributed by atoms with Gasteiger partial charge in [-0.1, -0.05) is 11.6 Å². The maximum atomic E-state index is 12.3. The number of carbonyl (C=O) groups excluding carboxylic acids is 1. The number of ether oxygens (including phenoxy) is 2. The molecular formula is C18H24ClNO3S. The van der Waals surface area contributed by atoms with Gasteiger partial charge in [0.15, 0.2) is 0 Å². The Hall–Kier alpha value is -0.780. The lowest BCUT2D eigenvalue weighted by Crippen LogP contribution is -2.50. The van der Waals surface area contributed by atoms with Gasteiger partial charge in [0.25, 0.3) is 0 Å². The molecule has 1 aromatic heterocycles. The van der Waals surface area contributed by atoms with Crippen LogP contribution in [0.25, 0.3) is 0 Å². The van der Waals surface area contributed by atoms with Crippen molar-refractivity contribution >= 4 is 29.0 Å². The molecule has 2 fully saturated rings. The van der Waals surface area contributed by atoms with Gasteiger partial charge in [-0.15, -0.1) is 11.3 Å². The summed E-state index contributed by atoms with van der Waals surface area (Å²) in [5.74, 6) is 0. The van der Waals surface area contributed by atoms with Crippen LogP contribution >= 0.6 is 22.9 Å². The molecule has 24 heavy (non-hydrogen) atoms. The second-order valence-electron chi connectivity index (χ2n) is 8.32. The van der Waals surface area contributed by atoms with Crippen molar-refractivity contribution in [1.82, 2.24) is 4.90 Å². The molecule has 1 aromatic rings. The van der Waals surface area contributed by atoms with Crippen LogP contribution in [-0.2, 0) is 20.5 Å². The highest BCUT2D eigenvalue weighted by Crippen LogP contribution is 2.60. The van der Waals surface area contributed by atoms with E-state index < -0.39 is 5.60 Å². The number of nitrogens with zero attached hydrogens (tertiary/aromatic N) is 1. The SMILES string of the molecule is CC(C)(C)OC(=O)N1CCC2(CC1)OCC1(CC1)c1sc(Cl)cc12. The van der Waals surface area contributed by atoms with Gasteiger partial charge in [0.05, 0.1) is 16.5 Å². The molecule has 0 radical (unpaired) electrons. The normalized spacial score (nSPS) is 24.1. The molecule has 0 N–H and O–H groups in total. The first kappa shape index (κ1) is 16.7. The van der Waals surface area contributed by atoms with Gasteiger partial charge in [-0.25, -0.2) is 4.79 Å². The zero-order valence-corrected chi connectivity index (χ0v) is 16.1. The van der Waals surface area contributed by atoms with Crippen LogP contribution < -0.4 is 0 Å². The number of hydrogen-bond donors (Lipinski definition) is 0. The highest BCUT2D eigenvalue weighted by Gasteiger charge is 2.56. The zero-order chi connectivity index (χ0) is 17.2. The fraction of sp³-hybridized carbons (Fsp3) is 0.722. The van der Waals surface area contributed by atoms with E-state index in [1.54, 1.807) is 16.2 Å². The minimum Gasteiger partial charge on any atom is -0.444 e. The van der Waals surface area contributed by atoms with Crippen LogP contribution in [0.3, 0.4) is 0 Å². The Balaban J connectivity index is 1.52. The Labute approximate surface area is 152 Å². The molecule has 3 aliphatic rings. The minimum absolute atomic E-state index is 0.226. The number of likely N-dealkylation sites (tertiary alicyclic amines) is 1. The largest absolute Gasteiger partial charge is 0.444 e. The third kappa shape index (κ3) is 2.74. The summed E-state index contributed by atoms with van der Waals surface area (Å²) in [5.41, 5.74) is 0.788. The number of rotatable bonds is 0. The molecule has 3 heterocycles. The highest BCUT2D eigenvalue weighted by atomic mass is 35.5. The third-order valence-electron chi connectivity index (χ3n) is 5.38. The second kappa shape index (κ2) is 5.36. The molecule has 0 unspecified atom stereocenters. The predicted octanol–water partition coefficient (Wildman–Crippen LogP) is 4.69. The lowest BCUT2D eigenvalue weighted by atomic mass is 9.79. The number of thiophene rings is 1. The summed E-state index contributed by atoms with van der Waals surface area (Å²) in [4.78, 5) is 15.5. The Morgan fingerprint density at radius 1 is 1.29 bits per heavy atom. The number of piperidine rings is 1. The van der Waals surface area contributed by atoms with Crippen molar-refractivity contribution in [3.8, 4) is 0 Å². The quantitative estimate of drug-likeness (QED) is 0.665. The molecule has 4 rings (SSSR count). The van der Waals surface area contributed by atoms with E-state index in [4.69, 9.17) is 21.1 Å². The molecule has 0 bridgehead atoms. The maximum Gasteiger partial charge on any atom is 0.410 e. The van der Waals surface area contributed by atoms with Gasteiger partial charge in [0.2, 0.25) is 0 Å². The molecular weight excluding hydrogens is 346 g/mol. The van der Waals surface area contributed by atoms with Crippen molar-refractivity contribution in [1.29, 1.82) is 0 Å². The van der Waals surface area contributed by atoms with E-state index in [-0.39, 0.29) is 17.1 Å². The monoisotopic (exact) mass is 369 g/mol. The molecule has 132 valence electrons. The smallest absolute Gasteiger partial charge is 0.410 e. The lowest BCUT2D eigenvalue weighted by molar-refractivity contribution is -0.107. The first-order chi connectivity index (χ1) is 11.2. The Kier molecular flexibility index (Phi) is 3.72. The summed E-state index contributed by atoms with van der Waals surface area (Å²) < 4.78 is 12.8. The van der Waals surface area contributed by atoms with Crippen LogP contribution in [0.2, 0.25) is 4.34 Å². The van der Waals surface area contributed by atoms with Gasteiger partial charge in [0.1, 0.15) is 5.60 Å². The molecule has 0 aromatic carbocycles. The van der Waals surface area contributed by atoms with E-state index in [2.05, 4.69) is 6.07 Å². The maximum absolute atomic E-state index is 12.3. The number of amides is 1. The Morgan fingerprint density at radius 3 is 2.54 bits per heavy atom. The van der Waals surface area contributed by atoms with E-state index in [1.165, 1.54) is 23.3 Å². The van der Waals surface area contributed by atoms with Crippen LogP contribution in [0.1, 0.15) is 56.9 Å². The van der Waals surface area contributed by atoms with E-state index >= 15 is 0 Å². The van der Waals surface area contributed by atoms with E-state index in [9.17, 15) is 4.79 Å². The molecule has 2 spiro atoms. The van der Waals surface area contributed by atoms with Crippen molar-refractivity contribution in [3.63, 3.8) is 0 Å². The van der Waals surface area contributed by atoms with Crippen molar-refractivity contribution < 1.29 is 14.3 Å². The summed E-state index contributed by atoms with van der Waals surface area (Å²) in [6.07, 6.45) is 3.80. The summed E-state index contributed by atoms with van der Waals surface area (Å²) in [7, 11) is 0. The number of hydrogen-bond acceptors (Lipinski definition) is 4. The van der Waals surface area contributed by atoms with Gasteiger partial charge < -0.3 is 14.4 Å². The second-order valence-corrected chi connectivity index (χ2v) is 10.0. The van der Waals surface area contributed by atoms with E-state index in [0.29, 0.717) is 13.1 Å². The summed E-state index contributed by atoms with van der Waals surface area (Å²) >= 11 is 8.06. The molecule has 4 nitrogen and oxygen atoms in total. The van der Waals surface area contributed by atoms with Crippen molar-refractivity contribution in [2.45, 2.75) is 63.1 Å². The number of halogens is 1. The standard InChI is InChI=1S/C18H24ClNO3S/c1-16(2,3)23-15(21)20-8-6-18(7-9-20)12-10-13(19)24-14(12)17(4-5-17)11-22-18/h10H,4-9,11H2,1-3H3. The molecule has 1 amide bonds. The fourth-order valence-corrected chi connectivity index (χ4v) is 5.37. The molecule has 1 saturated carbocycles. The summed E-state index contributed by atoms with van der Waals surface area (Å²) in [6, 6.07) is 2.10. The topological polar surface area (TPSA) is 38.8 Å². The van der Waals surface area contributed by atoms with Gasteiger partial charge in [-0.2, -0.15) is 0 Å². The van der Waals surface area contributed by atoms with Crippen LogP contribution in [0.15, 0.2) is 6.07 Å². The van der Waals surface area contributed by atoms with Crippen LogP contribution in [0.5, 0.6) is 0 Å². The first-order valence-corrected chi connectivity index (χ1v) is 9.85. The van der Waals surface area contributed by atoms with E-state index in [0.717, 1.165) is 23.8 Å². The summed E-state index contributed by atoms with van der Waals surface area (Å²) in [5, 5.41) is 0. The Morgan fingerprint density at radius 2 is 1.96 bits per heavy atom. The average Bonchev–Trinajstić information content (AvgIpc) is 3.16. The van der Waals surface area contributed by atoms with Crippen LogP contribution in [0, 0.1) is 0 Å². The van der Waals surface area contributed by atoms with Gasteiger partial charge >= 0.3 is 6.09 Å². The molecule has 2 aliphatic heterocycles. The number of carbonyl (C=O) groups is 1. The Bertz CT molecular complexity index is 666. The van der Waals surface area contributed by atoms with Crippen LogP contribution in [-0.4, -0.2) is 36.3 Å². The highest BCUT2D eigenvalue weighted by molar-refractivity contribution is 7.16. The summed E-state index contributed by atoms with van der Waals surface area (Å²) in [6.45, 7) is 7.81. The average molecular weight is 370 g/mol. The molecule has 6 heteroatoms. The van der Waals surface area contributed by atoms with Crippen molar-refractivity contribution in [2.24, 2.45) is 0 Å². The van der Waals surface area contributed by atoms with Gasteiger partial charge in [-0.05, 0) is 52.5 Å². The zero-order valence-electron chi connectivity index (χ0n) is 14.5. The minimum atomic E-state index is -0.458. The van der Waals surface area contributed by atoms with E-state index in [1.807, 2.05) is 20.8 Å². The first-order valence-electron chi connectivity index (χ1n) is 8.65. The van der Waals surface area contributed by atoms with Crippen molar-refractivity contribution in [3.05, 3.63) is 20.8 Å². The molecule has 1 saturated heterocycles. The lowest BCUT2D eigenvalue weighted by Gasteiger charge is -2.45. The van der Waals surface area contributed by atoms with Gasteiger partial charge in [-0.3, -0.25) is 0 Å². The van der Waals surface area contributed by atoms with Crippen molar-refractivity contribution in [2.75, 3.05) is 19.7 Å². The molecule has 0 atom stereocenters. The third-order valence-corrected chi connectivity index (χ3v) is 6.89. The predicted molar refractivity (Wildman–Crippen MR) is 94.9 cm³/mol.